The van der Waals surface area contributed by atoms with Crippen molar-refractivity contribution in [3.63, 3.8) is 0 Å². The van der Waals surface area contributed by atoms with Crippen LogP contribution in [0.2, 0.25) is 0 Å². The van der Waals surface area contributed by atoms with Gasteiger partial charge in [-0.15, -0.1) is 0 Å². The largest absolute Gasteiger partial charge is 0.376 e. The van der Waals surface area contributed by atoms with Gasteiger partial charge in [0.25, 0.3) is 11.8 Å². The van der Waals surface area contributed by atoms with Crippen LogP contribution >= 0.6 is 0 Å². The van der Waals surface area contributed by atoms with Crippen molar-refractivity contribution >= 4 is 17.7 Å². The number of nitrogens with zero attached hydrogens (tertiary/aromatic N) is 4. The summed E-state index contributed by atoms with van der Waals surface area (Å²) in [7, 11) is 0. The number of carbonyl (C=O) groups is 3. The topological polar surface area (TPSA) is 96.8 Å². The molecular weight excluding hydrogens is 446 g/mol. The van der Waals surface area contributed by atoms with Gasteiger partial charge in [0.15, 0.2) is 5.69 Å². The van der Waals surface area contributed by atoms with E-state index in [0.717, 1.165) is 44.3 Å². The van der Waals surface area contributed by atoms with Gasteiger partial charge in [0.2, 0.25) is 5.91 Å². The van der Waals surface area contributed by atoms with E-state index >= 15 is 0 Å². The first-order chi connectivity index (χ1) is 17.1. The van der Waals surface area contributed by atoms with E-state index in [-0.39, 0.29) is 29.5 Å². The number of aromatic nitrogens is 2. The molecule has 9 heteroatoms. The van der Waals surface area contributed by atoms with Gasteiger partial charge < -0.3 is 19.9 Å². The van der Waals surface area contributed by atoms with Gasteiger partial charge >= 0.3 is 0 Å². The summed E-state index contributed by atoms with van der Waals surface area (Å²) in [6, 6.07) is 11.0. The smallest absolute Gasteiger partial charge is 0.275 e. The van der Waals surface area contributed by atoms with E-state index in [1.165, 1.54) is 0 Å². The maximum Gasteiger partial charge on any atom is 0.275 e. The predicted molar refractivity (Wildman–Crippen MR) is 129 cm³/mol. The minimum Gasteiger partial charge on any atom is -0.376 e. The first kappa shape index (κ1) is 23.5. The summed E-state index contributed by atoms with van der Waals surface area (Å²) in [5.41, 5.74) is 1.72. The summed E-state index contributed by atoms with van der Waals surface area (Å²) in [6.45, 7) is 3.45. The zero-order valence-electron chi connectivity index (χ0n) is 20.0. The van der Waals surface area contributed by atoms with E-state index in [1.807, 2.05) is 35.2 Å². The summed E-state index contributed by atoms with van der Waals surface area (Å²) < 4.78 is 7.25. The zero-order valence-corrected chi connectivity index (χ0v) is 20.0. The number of aryl methyl sites for hydroxylation is 1. The molecule has 3 aliphatic rings. The van der Waals surface area contributed by atoms with Crippen LogP contribution in [0.15, 0.2) is 36.4 Å². The molecule has 0 saturated carbocycles. The summed E-state index contributed by atoms with van der Waals surface area (Å²) in [5.74, 6) is -0.549. The Labute approximate surface area is 205 Å². The van der Waals surface area contributed by atoms with E-state index in [0.29, 0.717) is 44.8 Å². The Morgan fingerprint density at radius 3 is 2.69 bits per heavy atom. The van der Waals surface area contributed by atoms with Gasteiger partial charge in [-0.05, 0) is 44.1 Å². The molecule has 2 atom stereocenters. The van der Waals surface area contributed by atoms with Gasteiger partial charge in [0, 0.05) is 45.4 Å². The minimum atomic E-state index is -0.524. The monoisotopic (exact) mass is 479 g/mol. The van der Waals surface area contributed by atoms with Crippen LogP contribution in [0.25, 0.3) is 0 Å². The summed E-state index contributed by atoms with van der Waals surface area (Å²) in [6.07, 6.45) is 5.15. The molecule has 9 nitrogen and oxygen atoms in total. The highest BCUT2D eigenvalue weighted by atomic mass is 16.5. The molecule has 2 fully saturated rings. The lowest BCUT2D eigenvalue weighted by Crippen LogP contribution is -2.52. The third-order valence-electron chi connectivity index (χ3n) is 7.11. The molecule has 0 aliphatic carbocycles. The summed E-state index contributed by atoms with van der Waals surface area (Å²) in [4.78, 5) is 43.2. The van der Waals surface area contributed by atoms with Crippen molar-refractivity contribution in [2.24, 2.45) is 0 Å². The molecule has 1 N–H and O–H groups in total. The number of fused-ring (bicyclic) bond motifs is 1. The molecule has 186 valence electrons. The number of nitrogens with one attached hydrogen (secondary N) is 1. The number of ether oxygens (including phenoxy) is 1. The number of piperidine rings is 1. The van der Waals surface area contributed by atoms with Crippen molar-refractivity contribution in [3.05, 3.63) is 53.3 Å². The zero-order chi connectivity index (χ0) is 24.2. The van der Waals surface area contributed by atoms with Crippen molar-refractivity contribution in [2.75, 3.05) is 26.2 Å². The quantitative estimate of drug-likeness (QED) is 0.685. The molecule has 35 heavy (non-hydrogen) atoms. The number of hydrogen-bond acceptors (Lipinski definition) is 5. The van der Waals surface area contributed by atoms with Crippen molar-refractivity contribution in [1.29, 1.82) is 0 Å². The lowest BCUT2D eigenvalue weighted by Gasteiger charge is -2.34. The van der Waals surface area contributed by atoms with Gasteiger partial charge in [-0.2, -0.15) is 5.10 Å². The van der Waals surface area contributed by atoms with Gasteiger partial charge in [0.1, 0.15) is 11.7 Å². The predicted octanol–water partition coefficient (Wildman–Crippen LogP) is 2.22. The number of hydrogen-bond donors (Lipinski definition) is 1. The fourth-order valence-electron chi connectivity index (χ4n) is 5.23. The van der Waals surface area contributed by atoms with Gasteiger partial charge in [-0.3, -0.25) is 19.1 Å². The van der Waals surface area contributed by atoms with E-state index in [4.69, 9.17) is 4.74 Å². The van der Waals surface area contributed by atoms with Crippen molar-refractivity contribution < 1.29 is 19.1 Å². The third-order valence-corrected chi connectivity index (χ3v) is 7.11. The number of rotatable bonds is 6. The Bertz CT molecular complexity index is 1060. The van der Waals surface area contributed by atoms with Gasteiger partial charge in [-0.1, -0.05) is 30.3 Å². The number of carbonyl (C=O) groups excluding carboxylic acids is 3. The second-order valence-corrected chi connectivity index (χ2v) is 9.59. The standard InChI is InChI=1S/C26H33N5O4/c32-24(27-17-20-10-6-15-35-20)22-11-4-5-13-30(22)25(33)21-16-23-26(34)29(12-7-14-31(23)28-21)18-19-8-2-1-3-9-19/h1-3,8-9,16,20,22H,4-7,10-15,17-18H2,(H,27,32)/t20-,22-/m1/s1. The highest BCUT2D eigenvalue weighted by molar-refractivity contribution is 5.99. The average Bonchev–Trinajstić information content (AvgIpc) is 3.54. The molecule has 1 aromatic heterocycles. The summed E-state index contributed by atoms with van der Waals surface area (Å²) in [5, 5.41) is 7.49. The van der Waals surface area contributed by atoms with E-state index in [1.54, 1.807) is 15.6 Å². The molecule has 2 saturated heterocycles. The highest BCUT2D eigenvalue weighted by Gasteiger charge is 2.35. The maximum atomic E-state index is 13.5. The van der Waals surface area contributed by atoms with Crippen LogP contribution < -0.4 is 5.32 Å². The second kappa shape index (κ2) is 10.6. The molecule has 2 aromatic rings. The molecule has 3 amide bonds. The van der Waals surface area contributed by atoms with Crippen LogP contribution in [0.1, 0.15) is 65.1 Å². The number of benzene rings is 1. The van der Waals surface area contributed by atoms with Crippen molar-refractivity contribution in [2.45, 2.75) is 63.8 Å². The fraction of sp³-hybridized carbons (Fsp3) is 0.538. The van der Waals surface area contributed by atoms with Crippen LogP contribution in [-0.4, -0.2) is 75.7 Å². The Morgan fingerprint density at radius 1 is 1.03 bits per heavy atom. The normalized spacial score (nSPS) is 22.6. The molecule has 4 heterocycles. The SMILES string of the molecule is O=C(NC[C@H]1CCCO1)[C@H]1CCCCN1C(=O)c1cc2n(n1)CCCN(Cc1ccccc1)C2=O. The Hall–Kier alpha value is -3.20. The molecule has 0 spiro atoms. The first-order valence-electron chi connectivity index (χ1n) is 12.7. The molecule has 3 aliphatic heterocycles. The summed E-state index contributed by atoms with van der Waals surface area (Å²) >= 11 is 0. The fourth-order valence-corrected chi connectivity index (χ4v) is 5.23. The van der Waals surface area contributed by atoms with Crippen molar-refractivity contribution in [3.8, 4) is 0 Å². The second-order valence-electron chi connectivity index (χ2n) is 9.59. The van der Waals surface area contributed by atoms with Gasteiger partial charge in [-0.25, -0.2) is 0 Å². The van der Waals surface area contributed by atoms with Crippen LogP contribution in [0, 0.1) is 0 Å². The van der Waals surface area contributed by atoms with E-state index in [2.05, 4.69) is 10.4 Å². The van der Waals surface area contributed by atoms with Crippen molar-refractivity contribution in [1.82, 2.24) is 24.9 Å². The molecule has 0 bridgehead atoms. The number of amides is 3. The Balaban J connectivity index is 1.29. The molecule has 0 radical (unpaired) electrons. The number of likely N-dealkylation sites (tertiary alicyclic amines) is 1. The van der Waals surface area contributed by atoms with Crippen LogP contribution in [-0.2, 0) is 22.6 Å². The minimum absolute atomic E-state index is 0.0559. The lowest BCUT2D eigenvalue weighted by molar-refractivity contribution is -0.127. The van der Waals surface area contributed by atoms with Crippen LogP contribution in [0.5, 0.6) is 0 Å². The van der Waals surface area contributed by atoms with Gasteiger partial charge in [0.05, 0.1) is 6.10 Å². The Kier molecular flexibility index (Phi) is 7.13. The molecule has 1 aromatic carbocycles. The van der Waals surface area contributed by atoms with Crippen LogP contribution in [0.4, 0.5) is 0 Å². The molecule has 5 rings (SSSR count). The molecular formula is C26H33N5O4. The maximum absolute atomic E-state index is 13.5. The molecule has 0 unspecified atom stereocenters. The van der Waals surface area contributed by atoms with E-state index < -0.39 is 6.04 Å². The average molecular weight is 480 g/mol. The lowest BCUT2D eigenvalue weighted by atomic mass is 10.0. The van der Waals surface area contributed by atoms with Crippen LogP contribution in [0.3, 0.4) is 0 Å². The highest BCUT2D eigenvalue weighted by Crippen LogP contribution is 2.22. The first-order valence-corrected chi connectivity index (χ1v) is 12.7. The Morgan fingerprint density at radius 2 is 1.89 bits per heavy atom. The van der Waals surface area contributed by atoms with E-state index in [9.17, 15) is 14.4 Å². The third kappa shape index (κ3) is 5.24.